The molecule has 4 rings (SSSR count). The largest absolute Gasteiger partial charge is 0.486 e. The molecule has 2 aromatic carbocycles. The third kappa shape index (κ3) is 3.91. The minimum Gasteiger partial charge on any atom is -0.486 e. The highest BCUT2D eigenvalue weighted by atomic mass is 16.6. The Balaban J connectivity index is 1.37. The summed E-state index contributed by atoms with van der Waals surface area (Å²) in [5.74, 6) is 0.395. The molecule has 10 heteroatoms. The lowest BCUT2D eigenvalue weighted by Crippen LogP contribution is -2.18. The number of nitrogens with zero attached hydrogens (tertiary/aromatic N) is 2. The van der Waals surface area contributed by atoms with E-state index in [-0.39, 0.29) is 30.1 Å². The van der Waals surface area contributed by atoms with E-state index in [4.69, 9.17) is 13.9 Å². The number of anilines is 1. The number of aryl methyl sites for hydroxylation is 1. The van der Waals surface area contributed by atoms with Crippen LogP contribution in [-0.4, -0.2) is 28.6 Å². The predicted octanol–water partition coefficient (Wildman–Crippen LogP) is 2.69. The fourth-order valence-electron chi connectivity index (χ4n) is 3.12. The van der Waals surface area contributed by atoms with E-state index >= 15 is 0 Å². The van der Waals surface area contributed by atoms with Gasteiger partial charge in [0.15, 0.2) is 17.1 Å². The molecule has 0 atom stereocenters. The van der Waals surface area contributed by atoms with Gasteiger partial charge in [-0.2, -0.15) is 0 Å². The highest BCUT2D eigenvalue weighted by Gasteiger charge is 2.15. The van der Waals surface area contributed by atoms with Gasteiger partial charge in [0.25, 0.3) is 5.69 Å². The maximum Gasteiger partial charge on any atom is 0.419 e. The minimum absolute atomic E-state index is 0.143. The Bertz CT molecular complexity index is 1150. The van der Waals surface area contributed by atoms with Crippen molar-refractivity contribution in [2.75, 3.05) is 18.5 Å². The summed E-state index contributed by atoms with van der Waals surface area (Å²) in [4.78, 5) is 34.5. The van der Waals surface area contributed by atoms with Gasteiger partial charge in [-0.3, -0.25) is 19.5 Å². The van der Waals surface area contributed by atoms with Gasteiger partial charge in [-0.05, 0) is 24.6 Å². The second-order valence-electron chi connectivity index (χ2n) is 6.44. The Morgan fingerprint density at radius 2 is 1.93 bits per heavy atom. The van der Waals surface area contributed by atoms with Crippen LogP contribution in [-0.2, 0) is 11.3 Å². The van der Waals surface area contributed by atoms with E-state index in [1.807, 2.05) is 0 Å². The van der Waals surface area contributed by atoms with Crippen molar-refractivity contribution >= 4 is 28.4 Å². The van der Waals surface area contributed by atoms with E-state index in [0.717, 1.165) is 0 Å². The van der Waals surface area contributed by atoms with Crippen molar-refractivity contribution < 1.29 is 23.6 Å². The number of oxazole rings is 1. The van der Waals surface area contributed by atoms with Gasteiger partial charge in [0.05, 0.1) is 16.5 Å². The Kier molecular flexibility index (Phi) is 4.90. The number of benzene rings is 2. The van der Waals surface area contributed by atoms with Gasteiger partial charge < -0.3 is 19.2 Å². The molecule has 0 saturated heterocycles. The van der Waals surface area contributed by atoms with Crippen LogP contribution in [0.4, 0.5) is 11.4 Å². The number of hydrogen-bond donors (Lipinski definition) is 1. The molecule has 0 saturated carbocycles. The van der Waals surface area contributed by atoms with E-state index in [1.54, 1.807) is 18.2 Å². The number of rotatable bonds is 6. The van der Waals surface area contributed by atoms with Crippen molar-refractivity contribution in [1.82, 2.24) is 4.57 Å². The van der Waals surface area contributed by atoms with Gasteiger partial charge in [-0.25, -0.2) is 4.79 Å². The van der Waals surface area contributed by atoms with E-state index in [2.05, 4.69) is 5.32 Å². The maximum absolute atomic E-state index is 12.2. The second kappa shape index (κ2) is 7.66. The molecule has 1 N–H and O–H groups in total. The number of nitro benzene ring substituents is 1. The molecule has 0 aliphatic carbocycles. The third-order valence-electron chi connectivity index (χ3n) is 4.47. The van der Waals surface area contributed by atoms with Gasteiger partial charge in [0, 0.05) is 30.8 Å². The van der Waals surface area contributed by atoms with Crippen LogP contribution in [0.5, 0.6) is 11.5 Å². The Morgan fingerprint density at radius 1 is 1.14 bits per heavy atom. The summed E-state index contributed by atoms with van der Waals surface area (Å²) in [6.07, 6.45) is 0.572. The van der Waals surface area contributed by atoms with Crippen LogP contribution in [0.3, 0.4) is 0 Å². The van der Waals surface area contributed by atoms with Crippen LogP contribution in [0.2, 0.25) is 0 Å². The number of nitrogens with one attached hydrogen (secondary N) is 1. The molecule has 1 aliphatic rings. The van der Waals surface area contributed by atoms with Gasteiger partial charge in [-0.15, -0.1) is 0 Å². The van der Waals surface area contributed by atoms with Crippen LogP contribution in [0.15, 0.2) is 45.6 Å². The lowest BCUT2D eigenvalue weighted by atomic mass is 10.2. The molecule has 1 aromatic heterocycles. The fourth-order valence-corrected chi connectivity index (χ4v) is 3.12. The molecule has 0 bridgehead atoms. The van der Waals surface area contributed by atoms with Crippen LogP contribution in [0, 0.1) is 10.1 Å². The average molecular weight is 399 g/mol. The van der Waals surface area contributed by atoms with Gasteiger partial charge in [-0.1, -0.05) is 0 Å². The predicted molar refractivity (Wildman–Crippen MR) is 102 cm³/mol. The normalized spacial score (nSPS) is 12.7. The molecular weight excluding hydrogens is 382 g/mol. The number of nitro groups is 1. The zero-order valence-corrected chi connectivity index (χ0v) is 15.3. The number of amides is 1. The second-order valence-corrected chi connectivity index (χ2v) is 6.44. The summed E-state index contributed by atoms with van der Waals surface area (Å²) in [5, 5.41) is 13.6. The molecule has 2 heterocycles. The summed E-state index contributed by atoms with van der Waals surface area (Å²) >= 11 is 0. The number of carbonyl (C=O) groups is 1. The van der Waals surface area contributed by atoms with E-state index in [1.165, 1.54) is 22.8 Å². The van der Waals surface area contributed by atoms with Gasteiger partial charge in [0.2, 0.25) is 5.91 Å². The van der Waals surface area contributed by atoms with Crippen molar-refractivity contribution in [3.63, 3.8) is 0 Å². The number of fused-ring (bicyclic) bond motifs is 2. The molecule has 0 radical (unpaired) electrons. The van der Waals surface area contributed by atoms with Crippen molar-refractivity contribution in [3.05, 3.63) is 57.1 Å². The van der Waals surface area contributed by atoms with Crippen LogP contribution < -0.4 is 20.5 Å². The lowest BCUT2D eigenvalue weighted by molar-refractivity contribution is -0.384. The van der Waals surface area contributed by atoms with E-state index in [0.29, 0.717) is 42.3 Å². The topological polar surface area (TPSA) is 126 Å². The van der Waals surface area contributed by atoms with Crippen molar-refractivity contribution in [1.29, 1.82) is 0 Å². The lowest BCUT2D eigenvalue weighted by Gasteiger charge is -2.19. The molecule has 0 spiro atoms. The van der Waals surface area contributed by atoms with Gasteiger partial charge >= 0.3 is 5.76 Å². The maximum atomic E-state index is 12.2. The molecule has 1 aliphatic heterocycles. The summed E-state index contributed by atoms with van der Waals surface area (Å²) < 4.78 is 17.4. The highest BCUT2D eigenvalue weighted by Crippen LogP contribution is 2.32. The quantitative estimate of drug-likeness (QED) is 0.499. The van der Waals surface area contributed by atoms with Crippen LogP contribution in [0.1, 0.15) is 12.8 Å². The summed E-state index contributed by atoms with van der Waals surface area (Å²) in [5.41, 5.74) is 1.03. The summed E-state index contributed by atoms with van der Waals surface area (Å²) in [6.45, 7) is 1.20. The number of aromatic nitrogens is 1. The Morgan fingerprint density at radius 3 is 2.72 bits per heavy atom. The molecule has 3 aromatic rings. The molecular formula is C19H17N3O7. The summed E-state index contributed by atoms with van der Waals surface area (Å²) in [6, 6.07) is 9.15. The zero-order valence-electron chi connectivity index (χ0n) is 15.3. The van der Waals surface area contributed by atoms with Crippen LogP contribution in [0.25, 0.3) is 11.1 Å². The van der Waals surface area contributed by atoms with Crippen molar-refractivity contribution in [3.8, 4) is 11.5 Å². The average Bonchev–Trinajstić information content (AvgIpc) is 3.02. The standard InChI is InChI=1S/C19H17N3O7/c23-18(20-12-3-6-15-17(10-12)28-9-8-27-15)2-1-7-21-14-5-4-13(22(25)26)11-16(14)29-19(21)24/h3-6,10-11H,1-2,7-9H2,(H,20,23). The van der Waals surface area contributed by atoms with Gasteiger partial charge in [0.1, 0.15) is 13.2 Å². The molecule has 1 amide bonds. The van der Waals surface area contributed by atoms with Crippen molar-refractivity contribution in [2.24, 2.45) is 0 Å². The Labute approximate surface area is 163 Å². The van der Waals surface area contributed by atoms with E-state index in [9.17, 15) is 19.7 Å². The first-order valence-corrected chi connectivity index (χ1v) is 8.98. The fraction of sp³-hybridized carbons (Fsp3) is 0.263. The molecule has 150 valence electrons. The number of ether oxygens (including phenoxy) is 2. The first kappa shape index (κ1) is 18.5. The number of hydrogen-bond acceptors (Lipinski definition) is 7. The third-order valence-corrected chi connectivity index (χ3v) is 4.47. The molecule has 0 fully saturated rings. The first-order valence-electron chi connectivity index (χ1n) is 8.98. The monoisotopic (exact) mass is 399 g/mol. The first-order chi connectivity index (χ1) is 14.0. The Hall–Kier alpha value is -3.82. The van der Waals surface area contributed by atoms with Crippen LogP contribution >= 0.6 is 0 Å². The van der Waals surface area contributed by atoms with Crippen molar-refractivity contribution in [2.45, 2.75) is 19.4 Å². The molecule has 29 heavy (non-hydrogen) atoms. The molecule has 0 unspecified atom stereocenters. The van der Waals surface area contributed by atoms with E-state index < -0.39 is 10.7 Å². The molecule has 10 nitrogen and oxygen atoms in total. The SMILES string of the molecule is O=C(CCCn1c(=O)oc2cc([N+](=O)[O-])ccc21)Nc1ccc2c(c1)OCCO2. The minimum atomic E-state index is -0.618. The smallest absolute Gasteiger partial charge is 0.419 e. The zero-order chi connectivity index (χ0) is 20.4. The summed E-state index contributed by atoms with van der Waals surface area (Å²) in [7, 11) is 0. The number of carbonyl (C=O) groups excluding carboxylic acids is 1. The highest BCUT2D eigenvalue weighted by molar-refractivity contribution is 5.91. The number of non-ortho nitro benzene ring substituents is 1.